The molecule has 3 nitrogen and oxygen atoms in total. The molecule has 0 heterocycles. The number of aliphatic hydroxyl groups excluding tert-OH is 1. The summed E-state index contributed by atoms with van der Waals surface area (Å²) in [5.74, 6) is -0.395. The highest BCUT2D eigenvalue weighted by Crippen LogP contribution is 2.26. The predicted octanol–water partition coefficient (Wildman–Crippen LogP) is 4.07. The molecule has 0 fully saturated rings. The summed E-state index contributed by atoms with van der Waals surface area (Å²) >= 11 is 0. The lowest BCUT2D eigenvalue weighted by Crippen LogP contribution is -2.05. The standard InChI is InChI=1S/C21H24O3/c1-3-5-16-8-11-20(18-9-6-17(15-22)7-10-18)19(14-16)12-13-24-21(23)4-2/h4,6-11,14,22H,2-3,5,12-13,15H2,1H3. The van der Waals surface area contributed by atoms with Crippen LogP contribution in [0.5, 0.6) is 0 Å². The third-order valence-corrected chi connectivity index (χ3v) is 3.94. The van der Waals surface area contributed by atoms with Gasteiger partial charge in [-0.05, 0) is 34.2 Å². The fourth-order valence-electron chi connectivity index (χ4n) is 2.69. The normalized spacial score (nSPS) is 10.4. The third-order valence-electron chi connectivity index (χ3n) is 3.94. The smallest absolute Gasteiger partial charge is 0.330 e. The van der Waals surface area contributed by atoms with Gasteiger partial charge in [0, 0.05) is 12.5 Å². The Balaban J connectivity index is 2.26. The lowest BCUT2D eigenvalue weighted by Gasteiger charge is -2.13. The minimum absolute atomic E-state index is 0.0417. The Morgan fingerprint density at radius 1 is 1.12 bits per heavy atom. The van der Waals surface area contributed by atoms with Crippen LogP contribution in [0.15, 0.2) is 55.1 Å². The molecule has 0 atom stereocenters. The first-order valence-electron chi connectivity index (χ1n) is 8.29. The van der Waals surface area contributed by atoms with Gasteiger partial charge in [0.05, 0.1) is 13.2 Å². The van der Waals surface area contributed by atoms with Crippen molar-refractivity contribution >= 4 is 5.97 Å². The zero-order valence-corrected chi connectivity index (χ0v) is 14.1. The molecular weight excluding hydrogens is 300 g/mol. The van der Waals surface area contributed by atoms with Crippen molar-refractivity contribution in [2.45, 2.75) is 32.8 Å². The lowest BCUT2D eigenvalue weighted by molar-refractivity contribution is -0.137. The summed E-state index contributed by atoms with van der Waals surface area (Å²) in [6.45, 7) is 5.95. The number of carbonyl (C=O) groups excluding carboxylic acids is 1. The number of aryl methyl sites for hydroxylation is 1. The highest BCUT2D eigenvalue weighted by Gasteiger charge is 2.08. The number of benzene rings is 2. The second-order valence-corrected chi connectivity index (χ2v) is 5.72. The summed E-state index contributed by atoms with van der Waals surface area (Å²) in [5.41, 5.74) is 5.57. The summed E-state index contributed by atoms with van der Waals surface area (Å²) in [7, 11) is 0. The van der Waals surface area contributed by atoms with E-state index in [4.69, 9.17) is 4.74 Å². The van der Waals surface area contributed by atoms with E-state index in [0.717, 1.165) is 35.1 Å². The van der Waals surface area contributed by atoms with Crippen LogP contribution in [-0.4, -0.2) is 17.7 Å². The SMILES string of the molecule is C=CC(=O)OCCc1cc(CCC)ccc1-c1ccc(CO)cc1. The van der Waals surface area contributed by atoms with Crippen molar-refractivity contribution in [2.75, 3.05) is 6.61 Å². The van der Waals surface area contributed by atoms with Gasteiger partial charge in [-0.3, -0.25) is 0 Å². The van der Waals surface area contributed by atoms with Gasteiger partial charge in [0.2, 0.25) is 0 Å². The first-order chi connectivity index (χ1) is 11.7. The van der Waals surface area contributed by atoms with E-state index < -0.39 is 5.97 Å². The number of esters is 1. The molecule has 2 rings (SSSR count). The summed E-state index contributed by atoms with van der Waals surface area (Å²) in [5, 5.41) is 9.18. The van der Waals surface area contributed by atoms with Crippen LogP contribution in [0.3, 0.4) is 0 Å². The number of hydrogen-bond acceptors (Lipinski definition) is 3. The van der Waals surface area contributed by atoms with Gasteiger partial charge in [-0.1, -0.05) is 62.4 Å². The second-order valence-electron chi connectivity index (χ2n) is 5.72. The quantitative estimate of drug-likeness (QED) is 0.588. The predicted molar refractivity (Wildman–Crippen MR) is 96.7 cm³/mol. The molecule has 0 aliphatic heterocycles. The Kier molecular flexibility index (Phi) is 6.76. The molecule has 1 N–H and O–H groups in total. The van der Waals surface area contributed by atoms with Crippen molar-refractivity contribution < 1.29 is 14.6 Å². The van der Waals surface area contributed by atoms with E-state index in [9.17, 15) is 9.90 Å². The van der Waals surface area contributed by atoms with E-state index in [2.05, 4.69) is 31.7 Å². The van der Waals surface area contributed by atoms with Crippen molar-refractivity contribution in [3.8, 4) is 11.1 Å². The van der Waals surface area contributed by atoms with Crippen molar-refractivity contribution in [1.29, 1.82) is 0 Å². The van der Waals surface area contributed by atoms with E-state index in [1.807, 2.05) is 24.3 Å². The van der Waals surface area contributed by atoms with Crippen LogP contribution < -0.4 is 0 Å². The zero-order chi connectivity index (χ0) is 17.4. The van der Waals surface area contributed by atoms with Crippen LogP contribution in [0, 0.1) is 0 Å². The molecule has 0 amide bonds. The summed E-state index contributed by atoms with van der Waals surface area (Å²) < 4.78 is 5.13. The molecule has 0 unspecified atom stereocenters. The number of carbonyl (C=O) groups is 1. The number of rotatable bonds is 8. The van der Waals surface area contributed by atoms with Crippen molar-refractivity contribution in [3.05, 3.63) is 71.8 Å². The number of hydrogen-bond donors (Lipinski definition) is 1. The van der Waals surface area contributed by atoms with Gasteiger partial charge in [-0.2, -0.15) is 0 Å². The number of aliphatic hydroxyl groups is 1. The van der Waals surface area contributed by atoms with Crippen LogP contribution >= 0.6 is 0 Å². The Morgan fingerprint density at radius 3 is 2.46 bits per heavy atom. The molecule has 2 aromatic rings. The fourth-order valence-corrected chi connectivity index (χ4v) is 2.69. The van der Waals surface area contributed by atoms with Crippen molar-refractivity contribution in [1.82, 2.24) is 0 Å². The minimum atomic E-state index is -0.395. The molecule has 0 spiro atoms. The monoisotopic (exact) mass is 324 g/mol. The molecule has 24 heavy (non-hydrogen) atoms. The highest BCUT2D eigenvalue weighted by atomic mass is 16.5. The third kappa shape index (κ3) is 4.80. The molecule has 0 aliphatic carbocycles. The maximum atomic E-state index is 11.2. The molecule has 2 aromatic carbocycles. The van der Waals surface area contributed by atoms with E-state index in [-0.39, 0.29) is 6.61 Å². The average molecular weight is 324 g/mol. The molecule has 3 heteroatoms. The van der Waals surface area contributed by atoms with Gasteiger partial charge in [-0.15, -0.1) is 0 Å². The van der Waals surface area contributed by atoms with Gasteiger partial charge < -0.3 is 9.84 Å². The van der Waals surface area contributed by atoms with Crippen LogP contribution in [-0.2, 0) is 29.0 Å². The molecule has 0 radical (unpaired) electrons. The Labute approximate surface area is 143 Å². The van der Waals surface area contributed by atoms with Crippen molar-refractivity contribution in [3.63, 3.8) is 0 Å². The maximum absolute atomic E-state index is 11.2. The van der Waals surface area contributed by atoms with Crippen LogP contribution in [0.1, 0.15) is 30.0 Å². The lowest BCUT2D eigenvalue weighted by atomic mass is 9.94. The van der Waals surface area contributed by atoms with Crippen LogP contribution in [0.4, 0.5) is 0 Å². The Morgan fingerprint density at radius 2 is 1.83 bits per heavy atom. The second kappa shape index (κ2) is 9.04. The average Bonchev–Trinajstić information content (AvgIpc) is 2.62. The molecular formula is C21H24O3. The number of ether oxygens (including phenoxy) is 1. The molecule has 0 aromatic heterocycles. The molecule has 0 bridgehead atoms. The van der Waals surface area contributed by atoms with E-state index >= 15 is 0 Å². The van der Waals surface area contributed by atoms with Gasteiger partial charge in [0.25, 0.3) is 0 Å². The Hall–Kier alpha value is -2.39. The molecule has 0 aliphatic rings. The molecule has 126 valence electrons. The minimum Gasteiger partial charge on any atom is -0.462 e. The van der Waals surface area contributed by atoms with Crippen LogP contribution in [0.25, 0.3) is 11.1 Å². The largest absolute Gasteiger partial charge is 0.462 e. The van der Waals surface area contributed by atoms with Gasteiger partial charge in [0.1, 0.15) is 0 Å². The first kappa shape index (κ1) is 18.0. The topological polar surface area (TPSA) is 46.5 Å². The van der Waals surface area contributed by atoms with Crippen molar-refractivity contribution in [2.24, 2.45) is 0 Å². The molecule has 0 saturated carbocycles. The summed E-state index contributed by atoms with van der Waals surface area (Å²) in [4.78, 5) is 11.2. The summed E-state index contributed by atoms with van der Waals surface area (Å²) in [6, 6.07) is 14.4. The van der Waals surface area contributed by atoms with Crippen LogP contribution in [0.2, 0.25) is 0 Å². The first-order valence-corrected chi connectivity index (χ1v) is 8.29. The van der Waals surface area contributed by atoms with E-state index in [1.54, 1.807) is 0 Å². The fraction of sp³-hybridized carbons (Fsp3) is 0.286. The molecule has 0 saturated heterocycles. The van der Waals surface area contributed by atoms with E-state index in [0.29, 0.717) is 13.0 Å². The summed E-state index contributed by atoms with van der Waals surface area (Å²) in [6.07, 6.45) is 3.97. The van der Waals surface area contributed by atoms with Gasteiger partial charge in [-0.25, -0.2) is 4.79 Å². The highest BCUT2D eigenvalue weighted by molar-refractivity contribution is 5.81. The van der Waals surface area contributed by atoms with E-state index in [1.165, 1.54) is 11.6 Å². The Bertz CT molecular complexity index is 687. The zero-order valence-electron chi connectivity index (χ0n) is 14.1. The van der Waals surface area contributed by atoms with Gasteiger partial charge in [0.15, 0.2) is 0 Å². The maximum Gasteiger partial charge on any atom is 0.330 e. The van der Waals surface area contributed by atoms with Gasteiger partial charge >= 0.3 is 5.97 Å².